The number of rotatable bonds is 4. The molecule has 2 atom stereocenters. The molecule has 0 unspecified atom stereocenters. The van der Waals surface area contributed by atoms with Crippen molar-refractivity contribution in [3.8, 4) is 5.82 Å². The van der Waals surface area contributed by atoms with Crippen molar-refractivity contribution in [2.75, 3.05) is 13.2 Å². The first kappa shape index (κ1) is 16.6. The highest BCUT2D eigenvalue weighted by Gasteiger charge is 2.20. The Morgan fingerprint density at radius 3 is 2.88 bits per heavy atom. The fraction of sp³-hybridized carbons (Fsp3) is 0.500. The molecule has 1 aliphatic rings. The summed E-state index contributed by atoms with van der Waals surface area (Å²) in [6.07, 6.45) is 3.88. The lowest BCUT2D eigenvalue weighted by atomic mass is 9.96. The highest BCUT2D eigenvalue weighted by atomic mass is 16.5. The third-order valence-corrected chi connectivity index (χ3v) is 4.38. The molecule has 128 valence electrons. The van der Waals surface area contributed by atoms with E-state index < -0.39 is 0 Å². The Kier molecular flexibility index (Phi) is 4.94. The average Bonchev–Trinajstić information content (AvgIpc) is 2.91. The van der Waals surface area contributed by atoms with Crippen LogP contribution >= 0.6 is 0 Å². The van der Waals surface area contributed by atoms with E-state index in [2.05, 4.69) is 22.3 Å². The minimum Gasteiger partial charge on any atom is -0.378 e. The molecule has 0 bridgehead atoms. The van der Waals surface area contributed by atoms with Crippen LogP contribution < -0.4 is 5.32 Å². The highest BCUT2D eigenvalue weighted by molar-refractivity contribution is 5.93. The quantitative estimate of drug-likeness (QED) is 0.936. The van der Waals surface area contributed by atoms with Crippen LogP contribution in [-0.4, -0.2) is 39.9 Å². The highest BCUT2D eigenvalue weighted by Crippen LogP contribution is 2.19. The molecule has 0 radical (unpaired) electrons. The van der Waals surface area contributed by atoms with Crippen LogP contribution in [0, 0.1) is 19.8 Å². The van der Waals surface area contributed by atoms with E-state index in [1.807, 2.05) is 26.0 Å². The fourth-order valence-corrected chi connectivity index (χ4v) is 3.12. The largest absolute Gasteiger partial charge is 0.378 e. The second-order valence-electron chi connectivity index (χ2n) is 6.53. The minimum atomic E-state index is -0.0819. The molecule has 6 heteroatoms. The first-order chi connectivity index (χ1) is 11.5. The second kappa shape index (κ2) is 7.13. The lowest BCUT2D eigenvalue weighted by Crippen LogP contribution is -2.34. The van der Waals surface area contributed by atoms with Gasteiger partial charge in [-0.15, -0.1) is 0 Å². The minimum absolute atomic E-state index is 0.0819. The molecule has 2 aromatic heterocycles. The number of pyridine rings is 1. The van der Waals surface area contributed by atoms with Gasteiger partial charge < -0.3 is 10.1 Å². The molecule has 1 fully saturated rings. The molecular weight excluding hydrogens is 304 g/mol. The zero-order valence-electron chi connectivity index (χ0n) is 14.5. The van der Waals surface area contributed by atoms with Crippen LogP contribution in [0.3, 0.4) is 0 Å². The smallest absolute Gasteiger partial charge is 0.252 e. The van der Waals surface area contributed by atoms with Gasteiger partial charge in [0.25, 0.3) is 5.91 Å². The Hall–Kier alpha value is -2.21. The van der Waals surface area contributed by atoms with E-state index in [0.29, 0.717) is 18.0 Å². The summed E-state index contributed by atoms with van der Waals surface area (Å²) in [5.74, 6) is 1.12. The first-order valence-electron chi connectivity index (χ1n) is 8.42. The van der Waals surface area contributed by atoms with Gasteiger partial charge in [0.2, 0.25) is 0 Å². The summed E-state index contributed by atoms with van der Waals surface area (Å²) in [6.45, 7) is 7.47. The molecule has 0 spiro atoms. The lowest BCUT2D eigenvalue weighted by molar-refractivity contribution is 0.00302. The molecule has 3 heterocycles. The Labute approximate surface area is 142 Å². The van der Waals surface area contributed by atoms with Gasteiger partial charge in [0.1, 0.15) is 0 Å². The molecule has 0 aliphatic carbocycles. The van der Waals surface area contributed by atoms with Crippen molar-refractivity contribution in [2.45, 2.75) is 39.7 Å². The number of aryl methyl sites for hydroxylation is 2. The number of hydrogen-bond donors (Lipinski definition) is 1. The number of nitrogens with zero attached hydrogens (tertiary/aromatic N) is 3. The number of hydrogen-bond acceptors (Lipinski definition) is 4. The van der Waals surface area contributed by atoms with Crippen LogP contribution in [0.25, 0.3) is 5.82 Å². The SMILES string of the molecule is Cc1cc(C)n(-c2ccc(C(=O)NC[C@@H]3CCO[C@H](C)C3)cn2)n1. The third-order valence-electron chi connectivity index (χ3n) is 4.38. The predicted octanol–water partition coefficient (Wildman–Crippen LogP) is 2.43. The van der Waals surface area contributed by atoms with Crippen LogP contribution in [-0.2, 0) is 4.74 Å². The maximum atomic E-state index is 12.3. The molecule has 3 rings (SSSR count). The number of nitrogens with one attached hydrogen (secondary N) is 1. The van der Waals surface area contributed by atoms with E-state index in [4.69, 9.17) is 4.74 Å². The normalized spacial score (nSPS) is 20.8. The molecule has 1 saturated heterocycles. The topological polar surface area (TPSA) is 69.0 Å². The Morgan fingerprint density at radius 2 is 2.25 bits per heavy atom. The summed E-state index contributed by atoms with van der Waals surface area (Å²) in [4.78, 5) is 16.7. The zero-order chi connectivity index (χ0) is 17.1. The summed E-state index contributed by atoms with van der Waals surface area (Å²) in [5.41, 5.74) is 2.54. The lowest BCUT2D eigenvalue weighted by Gasteiger charge is -2.27. The number of ether oxygens (including phenoxy) is 1. The standard InChI is InChI=1S/C18H24N4O2/c1-12-8-13(2)22(21-12)17-5-4-16(11-19-17)18(23)20-10-15-6-7-24-14(3)9-15/h4-5,8,11,14-15H,6-7,9-10H2,1-3H3,(H,20,23)/t14-,15-/m1/s1. The van der Waals surface area contributed by atoms with Gasteiger partial charge >= 0.3 is 0 Å². The Balaban J connectivity index is 1.60. The maximum absolute atomic E-state index is 12.3. The van der Waals surface area contributed by atoms with Crippen LogP contribution in [0.2, 0.25) is 0 Å². The summed E-state index contributed by atoms with van der Waals surface area (Å²) in [5, 5.41) is 7.41. The van der Waals surface area contributed by atoms with Crippen molar-refractivity contribution in [2.24, 2.45) is 5.92 Å². The van der Waals surface area contributed by atoms with E-state index >= 15 is 0 Å². The third kappa shape index (κ3) is 3.82. The molecule has 0 aromatic carbocycles. The molecule has 1 aliphatic heterocycles. The molecule has 0 saturated carbocycles. The van der Waals surface area contributed by atoms with Gasteiger partial charge in [0.15, 0.2) is 5.82 Å². The van der Waals surface area contributed by atoms with E-state index in [1.165, 1.54) is 0 Å². The molecule has 2 aromatic rings. The van der Waals surface area contributed by atoms with Crippen LogP contribution in [0.15, 0.2) is 24.4 Å². The Morgan fingerprint density at radius 1 is 1.42 bits per heavy atom. The van der Waals surface area contributed by atoms with Gasteiger partial charge in [-0.3, -0.25) is 4.79 Å². The van der Waals surface area contributed by atoms with Crippen molar-refractivity contribution in [3.05, 3.63) is 41.3 Å². The van der Waals surface area contributed by atoms with Crippen molar-refractivity contribution in [1.29, 1.82) is 0 Å². The van der Waals surface area contributed by atoms with E-state index in [-0.39, 0.29) is 12.0 Å². The summed E-state index contributed by atoms with van der Waals surface area (Å²) < 4.78 is 7.31. The second-order valence-corrected chi connectivity index (χ2v) is 6.53. The molecule has 1 amide bonds. The van der Waals surface area contributed by atoms with E-state index in [0.717, 1.165) is 36.7 Å². The van der Waals surface area contributed by atoms with Crippen molar-refractivity contribution in [1.82, 2.24) is 20.1 Å². The molecule has 6 nitrogen and oxygen atoms in total. The fourth-order valence-electron chi connectivity index (χ4n) is 3.12. The van der Waals surface area contributed by atoms with Gasteiger partial charge in [-0.05, 0) is 57.7 Å². The number of carbonyl (C=O) groups is 1. The van der Waals surface area contributed by atoms with E-state index in [1.54, 1.807) is 16.9 Å². The monoisotopic (exact) mass is 328 g/mol. The number of amides is 1. The predicted molar refractivity (Wildman–Crippen MR) is 91.3 cm³/mol. The Bertz CT molecular complexity index is 708. The van der Waals surface area contributed by atoms with Crippen molar-refractivity contribution < 1.29 is 9.53 Å². The van der Waals surface area contributed by atoms with Crippen LogP contribution in [0.1, 0.15) is 41.5 Å². The maximum Gasteiger partial charge on any atom is 0.252 e. The molecular formula is C18H24N4O2. The van der Waals surface area contributed by atoms with Crippen molar-refractivity contribution in [3.63, 3.8) is 0 Å². The summed E-state index contributed by atoms with van der Waals surface area (Å²) >= 11 is 0. The molecule has 24 heavy (non-hydrogen) atoms. The van der Waals surface area contributed by atoms with Gasteiger partial charge in [-0.25, -0.2) is 9.67 Å². The first-order valence-corrected chi connectivity index (χ1v) is 8.42. The average molecular weight is 328 g/mol. The number of carbonyl (C=O) groups excluding carboxylic acids is 1. The van der Waals surface area contributed by atoms with E-state index in [9.17, 15) is 4.79 Å². The van der Waals surface area contributed by atoms with Gasteiger partial charge in [0, 0.05) is 25.0 Å². The van der Waals surface area contributed by atoms with Gasteiger partial charge in [0.05, 0.1) is 17.4 Å². The summed E-state index contributed by atoms with van der Waals surface area (Å²) in [6, 6.07) is 5.61. The number of aromatic nitrogens is 3. The van der Waals surface area contributed by atoms with Crippen LogP contribution in [0.5, 0.6) is 0 Å². The van der Waals surface area contributed by atoms with Crippen molar-refractivity contribution >= 4 is 5.91 Å². The van der Waals surface area contributed by atoms with Crippen LogP contribution in [0.4, 0.5) is 0 Å². The zero-order valence-corrected chi connectivity index (χ0v) is 14.5. The van der Waals surface area contributed by atoms with Gasteiger partial charge in [-0.1, -0.05) is 0 Å². The van der Waals surface area contributed by atoms with Gasteiger partial charge in [-0.2, -0.15) is 5.10 Å². The summed E-state index contributed by atoms with van der Waals surface area (Å²) in [7, 11) is 0. The molecule has 1 N–H and O–H groups in total.